The second-order valence-corrected chi connectivity index (χ2v) is 3.70. The lowest BCUT2D eigenvalue weighted by Crippen LogP contribution is -2.32. The molecule has 0 spiro atoms. The van der Waals surface area contributed by atoms with Crippen LogP contribution in [0.5, 0.6) is 0 Å². The Morgan fingerprint density at radius 3 is 2.80 bits per heavy atom. The van der Waals surface area contributed by atoms with Crippen LogP contribution in [0, 0.1) is 5.82 Å². The third kappa shape index (κ3) is 2.32. The summed E-state index contributed by atoms with van der Waals surface area (Å²) in [5.41, 5.74) is -0.681. The van der Waals surface area contributed by atoms with Gasteiger partial charge in [0, 0.05) is 11.8 Å². The van der Waals surface area contributed by atoms with Gasteiger partial charge in [-0.05, 0) is 26.8 Å². The van der Waals surface area contributed by atoms with E-state index in [1.165, 1.54) is 12.3 Å². The number of carbonyl (C=O) groups is 1. The minimum Gasteiger partial charge on any atom is -0.465 e. The van der Waals surface area contributed by atoms with Crippen molar-refractivity contribution in [3.63, 3.8) is 0 Å². The highest BCUT2D eigenvalue weighted by Crippen LogP contribution is 2.26. The van der Waals surface area contributed by atoms with E-state index in [0.717, 1.165) is 6.20 Å². The van der Waals surface area contributed by atoms with Gasteiger partial charge in [-0.3, -0.25) is 9.78 Å². The second kappa shape index (κ2) is 4.38. The molecule has 0 aliphatic heterocycles. The molecule has 3 nitrogen and oxygen atoms in total. The fourth-order valence-corrected chi connectivity index (χ4v) is 1.30. The van der Waals surface area contributed by atoms with E-state index in [1.807, 2.05) is 0 Å². The first kappa shape index (κ1) is 11.6. The minimum absolute atomic E-state index is 0.287. The van der Waals surface area contributed by atoms with Crippen molar-refractivity contribution in [2.75, 3.05) is 6.61 Å². The summed E-state index contributed by atoms with van der Waals surface area (Å²) in [4.78, 5) is 15.2. The number of halogens is 1. The fraction of sp³-hybridized carbons (Fsp3) is 0.455. The number of aromatic nitrogens is 1. The van der Waals surface area contributed by atoms with Gasteiger partial charge in [-0.25, -0.2) is 4.39 Å². The van der Waals surface area contributed by atoms with E-state index in [2.05, 4.69) is 4.98 Å². The van der Waals surface area contributed by atoms with Gasteiger partial charge < -0.3 is 4.74 Å². The van der Waals surface area contributed by atoms with Gasteiger partial charge in [0.15, 0.2) is 0 Å². The molecule has 0 aromatic carbocycles. The predicted molar refractivity (Wildman–Crippen MR) is 53.9 cm³/mol. The van der Waals surface area contributed by atoms with E-state index >= 15 is 0 Å². The molecule has 0 radical (unpaired) electrons. The first-order valence-corrected chi connectivity index (χ1v) is 4.77. The molecule has 1 heterocycles. The molecule has 0 saturated heterocycles. The normalized spacial score (nSPS) is 11.2. The molecule has 0 saturated carbocycles. The number of hydrogen-bond donors (Lipinski definition) is 0. The molecule has 1 aromatic heterocycles. The average molecular weight is 211 g/mol. The molecule has 82 valence electrons. The minimum atomic E-state index is -0.983. The molecule has 0 aliphatic carbocycles. The van der Waals surface area contributed by atoms with Crippen LogP contribution in [0.3, 0.4) is 0 Å². The maximum atomic E-state index is 13.4. The lowest BCUT2D eigenvalue weighted by atomic mass is 9.85. The van der Waals surface area contributed by atoms with Gasteiger partial charge in [0.05, 0.1) is 18.2 Å². The summed E-state index contributed by atoms with van der Waals surface area (Å²) in [7, 11) is 0. The monoisotopic (exact) mass is 211 g/mol. The van der Waals surface area contributed by atoms with E-state index in [1.54, 1.807) is 20.8 Å². The first-order valence-electron chi connectivity index (χ1n) is 4.77. The highest BCUT2D eigenvalue weighted by Gasteiger charge is 2.33. The van der Waals surface area contributed by atoms with E-state index in [-0.39, 0.29) is 6.61 Å². The molecule has 4 heteroatoms. The Hall–Kier alpha value is -1.45. The smallest absolute Gasteiger partial charge is 0.316 e. The molecule has 1 aromatic rings. The van der Waals surface area contributed by atoms with Crippen molar-refractivity contribution < 1.29 is 13.9 Å². The molecule has 0 atom stereocenters. The number of hydrogen-bond acceptors (Lipinski definition) is 3. The van der Waals surface area contributed by atoms with Gasteiger partial charge >= 0.3 is 5.97 Å². The average Bonchev–Trinajstić information content (AvgIpc) is 2.18. The van der Waals surface area contributed by atoms with Gasteiger partial charge in [0.2, 0.25) is 0 Å². The fourth-order valence-electron chi connectivity index (χ4n) is 1.30. The highest BCUT2D eigenvalue weighted by atomic mass is 19.1. The number of ether oxygens (including phenoxy) is 1. The SMILES string of the molecule is CCOC(=O)C(C)(C)c1ccncc1F. The summed E-state index contributed by atoms with van der Waals surface area (Å²) in [6, 6.07) is 1.49. The summed E-state index contributed by atoms with van der Waals surface area (Å²) in [5, 5.41) is 0. The van der Waals surface area contributed by atoms with Crippen LogP contribution in [-0.4, -0.2) is 17.6 Å². The number of pyridine rings is 1. The van der Waals surface area contributed by atoms with Crippen molar-refractivity contribution in [1.29, 1.82) is 0 Å². The molecule has 0 unspecified atom stereocenters. The Balaban J connectivity index is 3.05. The third-order valence-electron chi connectivity index (χ3n) is 2.23. The third-order valence-corrected chi connectivity index (χ3v) is 2.23. The maximum Gasteiger partial charge on any atom is 0.316 e. The van der Waals surface area contributed by atoms with Crippen molar-refractivity contribution in [3.05, 3.63) is 29.8 Å². The van der Waals surface area contributed by atoms with Crippen LogP contribution < -0.4 is 0 Å². The van der Waals surface area contributed by atoms with Crippen molar-refractivity contribution in [3.8, 4) is 0 Å². The maximum absolute atomic E-state index is 13.4. The van der Waals surface area contributed by atoms with Gasteiger partial charge in [0.25, 0.3) is 0 Å². The molecule has 15 heavy (non-hydrogen) atoms. The van der Waals surface area contributed by atoms with Crippen LogP contribution in [0.25, 0.3) is 0 Å². The predicted octanol–water partition coefficient (Wildman–Crippen LogP) is 2.06. The van der Waals surface area contributed by atoms with Crippen LogP contribution >= 0.6 is 0 Å². The molecule has 0 bridgehead atoms. The number of nitrogens with zero attached hydrogens (tertiary/aromatic N) is 1. The standard InChI is InChI=1S/C11H14FNO2/c1-4-15-10(14)11(2,3)8-5-6-13-7-9(8)12/h5-7H,4H2,1-3H3. The quantitative estimate of drug-likeness (QED) is 0.718. The summed E-state index contributed by atoms with van der Waals surface area (Å²) >= 11 is 0. The number of esters is 1. The molecule has 1 rings (SSSR count). The number of carbonyl (C=O) groups excluding carboxylic acids is 1. The molecule has 0 fully saturated rings. The zero-order valence-electron chi connectivity index (χ0n) is 9.08. The van der Waals surface area contributed by atoms with Crippen LogP contribution in [0.4, 0.5) is 4.39 Å². The summed E-state index contributed by atoms with van der Waals surface area (Å²) in [6.45, 7) is 5.26. The Bertz CT molecular complexity index is 363. The van der Waals surface area contributed by atoms with E-state index in [0.29, 0.717) is 5.56 Å². The van der Waals surface area contributed by atoms with Crippen molar-refractivity contribution in [1.82, 2.24) is 4.98 Å². The first-order chi connectivity index (χ1) is 7.00. The van der Waals surface area contributed by atoms with Crippen molar-refractivity contribution in [2.24, 2.45) is 0 Å². The lowest BCUT2D eigenvalue weighted by Gasteiger charge is -2.22. The van der Waals surface area contributed by atoms with Crippen LogP contribution in [-0.2, 0) is 14.9 Å². The molecule has 0 N–H and O–H groups in total. The largest absolute Gasteiger partial charge is 0.465 e. The lowest BCUT2D eigenvalue weighted by molar-refractivity contribution is -0.148. The topological polar surface area (TPSA) is 39.2 Å². The van der Waals surface area contributed by atoms with Crippen molar-refractivity contribution >= 4 is 5.97 Å². The molecular formula is C11H14FNO2. The Labute approximate surface area is 88.3 Å². The van der Waals surface area contributed by atoms with E-state index in [4.69, 9.17) is 4.74 Å². The van der Waals surface area contributed by atoms with Gasteiger partial charge in [0.1, 0.15) is 5.82 Å². The van der Waals surface area contributed by atoms with Gasteiger partial charge in [-0.2, -0.15) is 0 Å². The summed E-state index contributed by atoms with van der Waals surface area (Å²) in [6.07, 6.45) is 2.55. The molecular weight excluding hydrogens is 197 g/mol. The number of rotatable bonds is 3. The van der Waals surface area contributed by atoms with E-state index < -0.39 is 17.2 Å². The molecule has 0 amide bonds. The van der Waals surface area contributed by atoms with Crippen LogP contribution in [0.1, 0.15) is 26.3 Å². The highest BCUT2D eigenvalue weighted by molar-refractivity contribution is 5.82. The van der Waals surface area contributed by atoms with E-state index in [9.17, 15) is 9.18 Å². The second-order valence-electron chi connectivity index (χ2n) is 3.70. The van der Waals surface area contributed by atoms with Crippen LogP contribution in [0.15, 0.2) is 18.5 Å². The molecule has 0 aliphatic rings. The summed E-state index contributed by atoms with van der Waals surface area (Å²) in [5.74, 6) is -0.925. The van der Waals surface area contributed by atoms with Gasteiger partial charge in [-0.15, -0.1) is 0 Å². The zero-order valence-corrected chi connectivity index (χ0v) is 9.08. The van der Waals surface area contributed by atoms with Gasteiger partial charge in [-0.1, -0.05) is 0 Å². The van der Waals surface area contributed by atoms with Crippen LogP contribution in [0.2, 0.25) is 0 Å². The Kier molecular flexibility index (Phi) is 3.39. The Morgan fingerprint density at radius 1 is 1.60 bits per heavy atom. The van der Waals surface area contributed by atoms with Crippen molar-refractivity contribution in [2.45, 2.75) is 26.2 Å². The zero-order chi connectivity index (χ0) is 11.5. The summed E-state index contributed by atoms with van der Waals surface area (Å²) < 4.78 is 18.3. The Morgan fingerprint density at radius 2 is 2.27 bits per heavy atom.